The molecule has 9 heteroatoms. The summed E-state index contributed by atoms with van der Waals surface area (Å²) in [7, 11) is 0. The summed E-state index contributed by atoms with van der Waals surface area (Å²) in [5.74, 6) is -5.65. The second-order valence-corrected chi connectivity index (χ2v) is 2.43. The standard InChI is InChI=1S/C6H8O7.Ag.Li/c7-3(8)1-6(13,5(11)12)2-4(9)10;;/h13H,1-2H2,(H,7,8)(H,9,10)(H,11,12);;/q;2*+1/p-2. The fourth-order valence-corrected chi connectivity index (χ4v) is 0.691. The average Bonchev–Trinajstić information content (AvgIpc) is 1.82. The van der Waals surface area contributed by atoms with E-state index in [-0.39, 0.29) is 41.2 Å². The molecule has 0 fully saturated rings. The van der Waals surface area contributed by atoms with E-state index in [1.165, 1.54) is 0 Å². The predicted molar refractivity (Wildman–Crippen MR) is 31.8 cm³/mol. The second-order valence-electron chi connectivity index (χ2n) is 2.43. The van der Waals surface area contributed by atoms with Gasteiger partial charge in [0.05, 0.1) is 0 Å². The van der Waals surface area contributed by atoms with Crippen molar-refractivity contribution < 1.29 is 76.1 Å². The number of carbonyl (C=O) groups is 3. The van der Waals surface area contributed by atoms with E-state index in [2.05, 4.69) is 0 Å². The van der Waals surface area contributed by atoms with Crippen molar-refractivity contribution in [1.82, 2.24) is 0 Å². The van der Waals surface area contributed by atoms with Gasteiger partial charge in [-0.05, 0) is 0 Å². The molecular formula is C6H6AgLiO7. The quantitative estimate of drug-likeness (QED) is 0.481. The molecule has 84 valence electrons. The van der Waals surface area contributed by atoms with Crippen LogP contribution in [0.15, 0.2) is 0 Å². The van der Waals surface area contributed by atoms with Gasteiger partial charge in [-0.1, -0.05) is 0 Å². The van der Waals surface area contributed by atoms with Gasteiger partial charge in [0, 0.05) is 24.8 Å². The zero-order valence-corrected chi connectivity index (χ0v) is 9.13. The van der Waals surface area contributed by atoms with Crippen molar-refractivity contribution in [2.24, 2.45) is 0 Å². The van der Waals surface area contributed by atoms with Crippen LogP contribution in [-0.2, 0) is 36.8 Å². The molecule has 15 heavy (non-hydrogen) atoms. The summed E-state index contributed by atoms with van der Waals surface area (Å²) in [6.07, 6.45) is -2.59. The third-order valence-corrected chi connectivity index (χ3v) is 1.27. The van der Waals surface area contributed by atoms with E-state index in [9.17, 15) is 24.6 Å². The molecule has 0 unspecified atom stereocenters. The van der Waals surface area contributed by atoms with E-state index in [1.54, 1.807) is 0 Å². The van der Waals surface area contributed by atoms with Crippen molar-refractivity contribution in [3.8, 4) is 0 Å². The predicted octanol–water partition coefficient (Wildman–Crippen LogP) is -6.92. The van der Waals surface area contributed by atoms with Gasteiger partial charge in [-0.25, -0.2) is 4.79 Å². The SMILES string of the molecule is O=C([O-])CC(O)(CC(=O)[O-])C(=O)O.[Ag+].[Li+]. The van der Waals surface area contributed by atoms with Crippen molar-refractivity contribution >= 4 is 17.9 Å². The van der Waals surface area contributed by atoms with E-state index < -0.39 is 36.4 Å². The first kappa shape index (κ1) is 20.2. The Balaban J connectivity index is -0.000000720. The molecule has 0 rings (SSSR count). The van der Waals surface area contributed by atoms with Gasteiger partial charge in [0.1, 0.15) is 0 Å². The number of carboxylic acids is 3. The topological polar surface area (TPSA) is 138 Å². The van der Waals surface area contributed by atoms with Crippen LogP contribution in [0, 0.1) is 0 Å². The summed E-state index contributed by atoms with van der Waals surface area (Å²) in [6, 6.07) is 0. The molecule has 0 aromatic rings. The van der Waals surface area contributed by atoms with Gasteiger partial charge in [-0.2, -0.15) is 0 Å². The Morgan fingerprint density at radius 2 is 1.33 bits per heavy atom. The number of rotatable bonds is 5. The first-order valence-corrected chi connectivity index (χ1v) is 3.13. The average molecular weight is 305 g/mol. The third-order valence-electron chi connectivity index (χ3n) is 1.27. The number of hydrogen-bond acceptors (Lipinski definition) is 6. The summed E-state index contributed by atoms with van der Waals surface area (Å²) in [5, 5.41) is 37.2. The largest absolute Gasteiger partial charge is 1.00 e. The van der Waals surface area contributed by atoms with Gasteiger partial charge >= 0.3 is 47.2 Å². The summed E-state index contributed by atoms with van der Waals surface area (Å²) in [4.78, 5) is 30.2. The van der Waals surface area contributed by atoms with Crippen molar-refractivity contribution in [2.45, 2.75) is 18.4 Å². The smallest absolute Gasteiger partial charge is 0.550 e. The Labute approximate surface area is 112 Å². The van der Waals surface area contributed by atoms with E-state index in [0.29, 0.717) is 0 Å². The first-order valence-electron chi connectivity index (χ1n) is 3.13. The molecule has 0 saturated heterocycles. The van der Waals surface area contributed by atoms with Crippen LogP contribution in [0.3, 0.4) is 0 Å². The van der Waals surface area contributed by atoms with Gasteiger partial charge in [0.2, 0.25) is 0 Å². The van der Waals surface area contributed by atoms with Crippen LogP contribution >= 0.6 is 0 Å². The van der Waals surface area contributed by atoms with Crippen LogP contribution in [0.25, 0.3) is 0 Å². The Morgan fingerprint density at radius 3 is 1.47 bits per heavy atom. The Bertz CT molecular complexity index is 238. The molecule has 0 radical (unpaired) electrons. The van der Waals surface area contributed by atoms with Crippen molar-refractivity contribution in [1.29, 1.82) is 0 Å². The number of aliphatic hydroxyl groups is 1. The maximum atomic E-state index is 10.3. The van der Waals surface area contributed by atoms with Crippen LogP contribution in [-0.4, -0.2) is 33.7 Å². The van der Waals surface area contributed by atoms with Crippen molar-refractivity contribution in [3.05, 3.63) is 0 Å². The molecule has 0 atom stereocenters. The summed E-state index contributed by atoms with van der Waals surface area (Å²) >= 11 is 0. The van der Waals surface area contributed by atoms with Crippen LogP contribution in [0.4, 0.5) is 0 Å². The van der Waals surface area contributed by atoms with Crippen LogP contribution < -0.4 is 29.1 Å². The Morgan fingerprint density at radius 1 is 1.07 bits per heavy atom. The van der Waals surface area contributed by atoms with Gasteiger partial charge in [-0.15, -0.1) is 0 Å². The molecule has 0 saturated carbocycles. The van der Waals surface area contributed by atoms with E-state index >= 15 is 0 Å². The second kappa shape index (κ2) is 7.93. The maximum absolute atomic E-state index is 10.3. The molecule has 0 bridgehead atoms. The van der Waals surface area contributed by atoms with E-state index in [4.69, 9.17) is 10.2 Å². The fourth-order valence-electron chi connectivity index (χ4n) is 0.691. The van der Waals surface area contributed by atoms with Crippen LogP contribution in [0.2, 0.25) is 0 Å². The minimum Gasteiger partial charge on any atom is -0.550 e. The molecule has 2 N–H and O–H groups in total. The molecule has 0 amide bonds. The Hall–Kier alpha value is -0.292. The summed E-state index contributed by atoms with van der Waals surface area (Å²) in [5.41, 5.74) is -2.86. The van der Waals surface area contributed by atoms with Crippen molar-refractivity contribution in [3.63, 3.8) is 0 Å². The minimum atomic E-state index is -2.86. The zero-order chi connectivity index (χ0) is 10.6. The van der Waals surface area contributed by atoms with Gasteiger partial charge < -0.3 is 30.0 Å². The fraction of sp³-hybridized carbons (Fsp3) is 0.500. The molecule has 0 heterocycles. The number of carboxylic acid groups (broad SMARTS) is 3. The maximum Gasteiger partial charge on any atom is 1.00 e. The van der Waals surface area contributed by atoms with Crippen molar-refractivity contribution in [2.75, 3.05) is 0 Å². The number of carbonyl (C=O) groups excluding carboxylic acids is 2. The molecule has 0 aliphatic heterocycles. The van der Waals surface area contributed by atoms with Gasteiger partial charge in [0.25, 0.3) is 0 Å². The first-order chi connectivity index (χ1) is 5.78. The van der Waals surface area contributed by atoms with Crippen LogP contribution in [0.5, 0.6) is 0 Å². The number of hydrogen-bond donors (Lipinski definition) is 2. The van der Waals surface area contributed by atoms with Gasteiger partial charge in [-0.3, -0.25) is 0 Å². The number of aliphatic carboxylic acids is 3. The van der Waals surface area contributed by atoms with Gasteiger partial charge in [0.15, 0.2) is 5.60 Å². The van der Waals surface area contributed by atoms with E-state index in [0.717, 1.165) is 0 Å². The van der Waals surface area contributed by atoms with E-state index in [1.807, 2.05) is 0 Å². The van der Waals surface area contributed by atoms with Crippen LogP contribution in [0.1, 0.15) is 12.8 Å². The molecule has 0 aromatic heterocycles. The minimum absolute atomic E-state index is 0. The normalized spacial score (nSPS) is 9.40. The molecule has 0 aliphatic carbocycles. The molecule has 0 spiro atoms. The molecule has 7 nitrogen and oxygen atoms in total. The molecule has 0 aliphatic rings. The third kappa shape index (κ3) is 7.62. The summed E-state index contributed by atoms with van der Waals surface area (Å²) in [6.45, 7) is 0. The molecule has 0 aromatic carbocycles. The summed E-state index contributed by atoms with van der Waals surface area (Å²) < 4.78 is 0. The Kier molecular flexibility index (Phi) is 10.7. The zero-order valence-electron chi connectivity index (χ0n) is 7.65. The monoisotopic (exact) mass is 304 g/mol. The molecular weight excluding hydrogens is 299 g/mol.